The maximum Gasteiger partial charge on any atom is 0.271 e. The van der Waals surface area contributed by atoms with Gasteiger partial charge in [0.15, 0.2) is 0 Å². The van der Waals surface area contributed by atoms with Gasteiger partial charge in [0.2, 0.25) is 0 Å². The number of nitrogens with zero attached hydrogens (tertiary/aromatic N) is 3. The van der Waals surface area contributed by atoms with Gasteiger partial charge < -0.3 is 5.32 Å². The topological polar surface area (TPSA) is 67.2 Å². The molecule has 1 N–H and O–H groups in total. The lowest BCUT2D eigenvalue weighted by Gasteiger charge is -2.30. The van der Waals surface area contributed by atoms with Crippen LogP contribution in [0.1, 0.15) is 41.4 Å². The molecule has 0 radical (unpaired) electrons. The number of rotatable bonds is 5. The molecule has 1 amide bonds. The third-order valence-corrected chi connectivity index (χ3v) is 4.82. The van der Waals surface area contributed by atoms with E-state index in [9.17, 15) is 9.59 Å². The normalized spacial score (nSPS) is 17.8. The average Bonchev–Trinajstić information content (AvgIpc) is 2.63. The van der Waals surface area contributed by atoms with E-state index in [1.165, 1.54) is 50.7 Å². The average molecular weight is 354 g/mol. The van der Waals surface area contributed by atoms with Crippen LogP contribution in [0.3, 0.4) is 0 Å². The summed E-state index contributed by atoms with van der Waals surface area (Å²) >= 11 is 0. The molecule has 6 nitrogen and oxygen atoms in total. The summed E-state index contributed by atoms with van der Waals surface area (Å²) in [6.45, 7) is 6.08. The number of aryl methyl sites for hydroxylation is 1. The van der Waals surface area contributed by atoms with Gasteiger partial charge in [-0.2, -0.15) is 5.10 Å². The monoisotopic (exact) mass is 354 g/mol. The molecule has 0 spiro atoms. The molecule has 1 fully saturated rings. The van der Waals surface area contributed by atoms with Crippen molar-refractivity contribution in [2.45, 2.75) is 32.9 Å². The van der Waals surface area contributed by atoms with Crippen molar-refractivity contribution in [1.29, 1.82) is 0 Å². The maximum absolute atomic E-state index is 12.1. The quantitative estimate of drug-likeness (QED) is 0.891. The minimum atomic E-state index is -0.285. The van der Waals surface area contributed by atoms with Crippen molar-refractivity contribution in [2.75, 3.05) is 13.1 Å². The lowest BCUT2D eigenvalue weighted by atomic mass is 9.99. The highest BCUT2D eigenvalue weighted by Crippen LogP contribution is 2.18. The van der Waals surface area contributed by atoms with Crippen LogP contribution in [0.15, 0.2) is 41.2 Å². The van der Waals surface area contributed by atoms with E-state index >= 15 is 0 Å². The molecule has 2 aromatic rings. The number of amides is 1. The number of hydrogen-bond donors (Lipinski definition) is 1. The molecule has 1 atom stereocenters. The highest BCUT2D eigenvalue weighted by atomic mass is 16.2. The SMILES string of the molecule is CC1CCCN(Cc2ccc(CNC(=O)c3ccc(=O)n(C)n3)cc2)C1. The van der Waals surface area contributed by atoms with E-state index in [0.29, 0.717) is 6.54 Å². The van der Waals surface area contributed by atoms with Crippen molar-refractivity contribution in [2.24, 2.45) is 13.0 Å². The highest BCUT2D eigenvalue weighted by molar-refractivity contribution is 5.91. The van der Waals surface area contributed by atoms with Crippen molar-refractivity contribution < 1.29 is 4.79 Å². The molecule has 3 rings (SSSR count). The molecule has 1 aliphatic heterocycles. The lowest BCUT2D eigenvalue weighted by molar-refractivity contribution is 0.0943. The van der Waals surface area contributed by atoms with Gasteiger partial charge in [-0.15, -0.1) is 0 Å². The first kappa shape index (κ1) is 18.3. The molecule has 138 valence electrons. The third-order valence-electron chi connectivity index (χ3n) is 4.82. The van der Waals surface area contributed by atoms with Gasteiger partial charge in [-0.05, 0) is 42.5 Å². The number of likely N-dealkylation sites (tertiary alicyclic amines) is 1. The molecule has 0 aliphatic carbocycles. The van der Waals surface area contributed by atoms with Crippen LogP contribution in [0.5, 0.6) is 0 Å². The molecule has 2 heterocycles. The molecular formula is C20H26N4O2. The lowest BCUT2D eigenvalue weighted by Crippen LogP contribution is -2.33. The second-order valence-electron chi connectivity index (χ2n) is 7.16. The number of carbonyl (C=O) groups is 1. The fraction of sp³-hybridized carbons (Fsp3) is 0.450. The van der Waals surface area contributed by atoms with E-state index in [4.69, 9.17) is 0 Å². The van der Waals surface area contributed by atoms with Crippen molar-refractivity contribution in [3.05, 3.63) is 63.6 Å². The molecular weight excluding hydrogens is 328 g/mol. The summed E-state index contributed by atoms with van der Waals surface area (Å²) in [5.41, 5.74) is 2.34. The van der Waals surface area contributed by atoms with Gasteiger partial charge in [-0.1, -0.05) is 31.2 Å². The van der Waals surface area contributed by atoms with Gasteiger partial charge >= 0.3 is 0 Å². The van der Waals surface area contributed by atoms with E-state index in [2.05, 4.69) is 46.5 Å². The van der Waals surface area contributed by atoms with Crippen LogP contribution in [-0.2, 0) is 20.1 Å². The van der Waals surface area contributed by atoms with E-state index in [0.717, 1.165) is 22.7 Å². The zero-order valence-electron chi connectivity index (χ0n) is 15.4. The third kappa shape index (κ3) is 4.79. The van der Waals surface area contributed by atoms with Gasteiger partial charge in [-0.25, -0.2) is 4.68 Å². The smallest absolute Gasteiger partial charge is 0.271 e. The van der Waals surface area contributed by atoms with Crippen LogP contribution in [0.25, 0.3) is 0 Å². The summed E-state index contributed by atoms with van der Waals surface area (Å²) in [5, 5.41) is 6.80. The Morgan fingerprint density at radius 1 is 1.19 bits per heavy atom. The van der Waals surface area contributed by atoms with Crippen molar-refractivity contribution in [1.82, 2.24) is 20.0 Å². The predicted octanol–water partition coefficient (Wildman–Crippen LogP) is 1.94. The van der Waals surface area contributed by atoms with Crippen molar-refractivity contribution in [3.63, 3.8) is 0 Å². The molecule has 26 heavy (non-hydrogen) atoms. The zero-order valence-corrected chi connectivity index (χ0v) is 15.4. The van der Waals surface area contributed by atoms with Gasteiger partial charge in [0.25, 0.3) is 11.5 Å². The second kappa shape index (κ2) is 8.27. The fourth-order valence-electron chi connectivity index (χ4n) is 3.35. The Balaban J connectivity index is 1.53. The maximum atomic E-state index is 12.1. The van der Waals surface area contributed by atoms with Gasteiger partial charge in [0.05, 0.1) is 0 Å². The van der Waals surface area contributed by atoms with E-state index < -0.39 is 0 Å². The summed E-state index contributed by atoms with van der Waals surface area (Å²) in [5.74, 6) is 0.497. The van der Waals surface area contributed by atoms with Crippen LogP contribution in [0.4, 0.5) is 0 Å². The number of nitrogens with one attached hydrogen (secondary N) is 1. The Hall–Kier alpha value is -2.47. The summed E-state index contributed by atoms with van der Waals surface area (Å²) in [6.07, 6.45) is 2.62. The molecule has 1 aliphatic rings. The molecule has 1 aromatic heterocycles. The Morgan fingerprint density at radius 3 is 2.62 bits per heavy atom. The first-order valence-corrected chi connectivity index (χ1v) is 9.14. The summed E-state index contributed by atoms with van der Waals surface area (Å²) in [7, 11) is 1.53. The summed E-state index contributed by atoms with van der Waals surface area (Å²) in [6, 6.07) is 11.2. The summed E-state index contributed by atoms with van der Waals surface area (Å²) < 4.78 is 1.16. The first-order valence-electron chi connectivity index (χ1n) is 9.14. The van der Waals surface area contributed by atoms with Crippen LogP contribution in [0, 0.1) is 5.92 Å². The number of hydrogen-bond acceptors (Lipinski definition) is 4. The summed E-state index contributed by atoms with van der Waals surface area (Å²) in [4.78, 5) is 26.0. The van der Waals surface area contributed by atoms with E-state index in [1.54, 1.807) is 0 Å². The van der Waals surface area contributed by atoms with Gasteiger partial charge in [0.1, 0.15) is 5.69 Å². The minimum absolute atomic E-state index is 0.236. The Morgan fingerprint density at radius 2 is 1.92 bits per heavy atom. The number of piperidine rings is 1. The molecule has 6 heteroatoms. The molecule has 1 unspecified atom stereocenters. The van der Waals surface area contributed by atoms with E-state index in [-0.39, 0.29) is 17.2 Å². The Bertz CT molecular complexity index is 813. The predicted molar refractivity (Wildman–Crippen MR) is 101 cm³/mol. The highest BCUT2D eigenvalue weighted by Gasteiger charge is 2.16. The molecule has 0 saturated carbocycles. The standard InChI is InChI=1S/C20H26N4O2/c1-15-4-3-11-24(13-15)14-17-7-5-16(6-8-17)12-21-20(26)18-9-10-19(25)23(2)22-18/h5-10,15H,3-4,11-14H2,1-2H3,(H,21,26). The Kier molecular flexibility index (Phi) is 5.83. The fourth-order valence-corrected chi connectivity index (χ4v) is 3.35. The number of aromatic nitrogens is 2. The minimum Gasteiger partial charge on any atom is -0.347 e. The van der Waals surface area contributed by atoms with Crippen LogP contribution < -0.4 is 10.9 Å². The van der Waals surface area contributed by atoms with Crippen LogP contribution >= 0.6 is 0 Å². The number of benzene rings is 1. The van der Waals surface area contributed by atoms with Crippen LogP contribution in [-0.4, -0.2) is 33.7 Å². The number of carbonyl (C=O) groups excluding carboxylic acids is 1. The second-order valence-corrected chi connectivity index (χ2v) is 7.16. The molecule has 1 aromatic carbocycles. The molecule has 1 saturated heterocycles. The zero-order chi connectivity index (χ0) is 18.5. The first-order chi connectivity index (χ1) is 12.5. The van der Waals surface area contributed by atoms with Crippen molar-refractivity contribution in [3.8, 4) is 0 Å². The van der Waals surface area contributed by atoms with Crippen LogP contribution in [0.2, 0.25) is 0 Å². The van der Waals surface area contributed by atoms with Gasteiger partial charge in [-0.3, -0.25) is 14.5 Å². The van der Waals surface area contributed by atoms with Gasteiger partial charge in [0, 0.05) is 32.7 Å². The van der Waals surface area contributed by atoms with Crippen molar-refractivity contribution >= 4 is 5.91 Å². The largest absolute Gasteiger partial charge is 0.347 e. The van der Waals surface area contributed by atoms with E-state index in [1.807, 2.05) is 0 Å². The molecule has 0 bridgehead atoms. The Labute approximate surface area is 153 Å².